The van der Waals surface area contributed by atoms with E-state index >= 15 is 0 Å². The van der Waals surface area contributed by atoms with Crippen LogP contribution in [0.15, 0.2) is 46.1 Å². The Bertz CT molecular complexity index is 747. The summed E-state index contributed by atoms with van der Waals surface area (Å²) in [7, 11) is 3.78. The van der Waals surface area contributed by atoms with Crippen molar-refractivity contribution in [2.75, 3.05) is 31.6 Å². The molecule has 1 saturated heterocycles. The summed E-state index contributed by atoms with van der Waals surface area (Å²) in [5.41, 5.74) is 2.54. The summed E-state index contributed by atoms with van der Waals surface area (Å²) in [6, 6.07) is 8.81. The Labute approximate surface area is 187 Å². The van der Waals surface area contributed by atoms with E-state index in [2.05, 4.69) is 72.0 Å². The molecule has 1 aliphatic heterocycles. The van der Waals surface area contributed by atoms with E-state index in [1.54, 1.807) is 0 Å². The van der Waals surface area contributed by atoms with Gasteiger partial charge in [-0.2, -0.15) is 5.10 Å². The molecule has 2 aromatic rings. The van der Waals surface area contributed by atoms with Gasteiger partial charge < -0.3 is 15.5 Å². The van der Waals surface area contributed by atoms with Crippen LogP contribution in [0.25, 0.3) is 0 Å². The SMILES string of the molecule is CN=C(NCCCc1cnn(C)c1)NC1CCN(c2ccccc2Br)C1.I. The van der Waals surface area contributed by atoms with Crippen LogP contribution in [0.3, 0.4) is 0 Å². The summed E-state index contributed by atoms with van der Waals surface area (Å²) in [6.07, 6.45) is 7.19. The maximum absolute atomic E-state index is 4.37. The molecule has 1 aromatic carbocycles. The topological polar surface area (TPSA) is 57.5 Å². The number of aromatic nitrogens is 2. The fourth-order valence-electron chi connectivity index (χ4n) is 3.29. The summed E-state index contributed by atoms with van der Waals surface area (Å²) in [4.78, 5) is 6.78. The van der Waals surface area contributed by atoms with Crippen molar-refractivity contribution in [3.63, 3.8) is 0 Å². The number of benzene rings is 1. The molecule has 1 aliphatic rings. The minimum Gasteiger partial charge on any atom is -0.368 e. The highest BCUT2D eigenvalue weighted by molar-refractivity contribution is 14.0. The average molecular weight is 547 g/mol. The van der Waals surface area contributed by atoms with Crippen LogP contribution in [0, 0.1) is 0 Å². The van der Waals surface area contributed by atoms with Crippen LogP contribution in [-0.2, 0) is 13.5 Å². The molecule has 0 saturated carbocycles. The number of para-hydroxylation sites is 1. The van der Waals surface area contributed by atoms with Gasteiger partial charge in [-0.05, 0) is 52.9 Å². The first-order valence-corrected chi connectivity index (χ1v) is 9.89. The summed E-state index contributed by atoms with van der Waals surface area (Å²) >= 11 is 3.65. The zero-order chi connectivity index (χ0) is 18.4. The van der Waals surface area contributed by atoms with Gasteiger partial charge in [0.15, 0.2) is 5.96 Å². The third kappa shape index (κ3) is 6.38. The number of hydrogen-bond donors (Lipinski definition) is 2. The lowest BCUT2D eigenvalue weighted by Crippen LogP contribution is -2.44. The van der Waals surface area contributed by atoms with E-state index in [1.165, 1.54) is 11.3 Å². The zero-order valence-electron chi connectivity index (χ0n) is 15.9. The van der Waals surface area contributed by atoms with E-state index in [0.29, 0.717) is 6.04 Å². The Balaban J connectivity index is 0.00000261. The molecule has 0 aliphatic carbocycles. The second-order valence-electron chi connectivity index (χ2n) is 6.65. The van der Waals surface area contributed by atoms with Gasteiger partial charge in [-0.1, -0.05) is 12.1 Å². The number of anilines is 1. The van der Waals surface area contributed by atoms with Gasteiger partial charge in [-0.25, -0.2) is 0 Å². The van der Waals surface area contributed by atoms with Gasteiger partial charge in [0, 0.05) is 50.4 Å². The summed E-state index contributed by atoms with van der Waals surface area (Å²) in [6.45, 7) is 2.94. The number of nitrogens with one attached hydrogen (secondary N) is 2. The Hall–Kier alpha value is -1.29. The molecule has 0 amide bonds. The molecule has 2 heterocycles. The van der Waals surface area contributed by atoms with Crippen LogP contribution < -0.4 is 15.5 Å². The Morgan fingerprint density at radius 2 is 2.19 bits per heavy atom. The van der Waals surface area contributed by atoms with Crippen molar-refractivity contribution in [2.45, 2.75) is 25.3 Å². The fourth-order valence-corrected chi connectivity index (χ4v) is 3.83. The van der Waals surface area contributed by atoms with E-state index in [9.17, 15) is 0 Å². The van der Waals surface area contributed by atoms with E-state index in [4.69, 9.17) is 0 Å². The van der Waals surface area contributed by atoms with Gasteiger partial charge in [0.1, 0.15) is 0 Å². The molecule has 1 unspecified atom stereocenters. The molecule has 1 aromatic heterocycles. The maximum Gasteiger partial charge on any atom is 0.191 e. The molecule has 0 bridgehead atoms. The third-order valence-corrected chi connectivity index (χ3v) is 5.31. The summed E-state index contributed by atoms with van der Waals surface area (Å²) < 4.78 is 3.00. The lowest BCUT2D eigenvalue weighted by Gasteiger charge is -2.21. The average Bonchev–Trinajstić information content (AvgIpc) is 3.27. The molecule has 27 heavy (non-hydrogen) atoms. The van der Waals surface area contributed by atoms with E-state index in [0.717, 1.165) is 49.3 Å². The molecule has 0 radical (unpaired) electrons. The van der Waals surface area contributed by atoms with Crippen LogP contribution >= 0.6 is 39.9 Å². The largest absolute Gasteiger partial charge is 0.368 e. The van der Waals surface area contributed by atoms with E-state index in [-0.39, 0.29) is 24.0 Å². The predicted octanol–water partition coefficient (Wildman–Crippen LogP) is 3.18. The maximum atomic E-state index is 4.37. The quantitative estimate of drug-likeness (QED) is 0.253. The van der Waals surface area contributed by atoms with Crippen molar-refractivity contribution in [1.82, 2.24) is 20.4 Å². The number of rotatable bonds is 6. The molecule has 6 nitrogen and oxygen atoms in total. The Morgan fingerprint density at radius 3 is 2.89 bits per heavy atom. The molecule has 8 heteroatoms. The van der Waals surface area contributed by atoms with Gasteiger partial charge >= 0.3 is 0 Å². The smallest absolute Gasteiger partial charge is 0.191 e. The van der Waals surface area contributed by atoms with Crippen LogP contribution in [0.4, 0.5) is 5.69 Å². The number of halogens is 2. The van der Waals surface area contributed by atoms with Crippen LogP contribution in [0.5, 0.6) is 0 Å². The molecule has 3 rings (SSSR count). The van der Waals surface area contributed by atoms with Crippen molar-refractivity contribution >= 4 is 51.6 Å². The molecule has 0 spiro atoms. The second-order valence-corrected chi connectivity index (χ2v) is 7.51. The molecular formula is C19H28BrIN6. The normalized spacial score (nSPS) is 16.9. The minimum absolute atomic E-state index is 0. The first-order valence-electron chi connectivity index (χ1n) is 9.10. The van der Waals surface area contributed by atoms with Gasteiger partial charge in [0.25, 0.3) is 0 Å². The molecular weight excluding hydrogens is 519 g/mol. The lowest BCUT2D eigenvalue weighted by atomic mass is 10.2. The highest BCUT2D eigenvalue weighted by Crippen LogP contribution is 2.28. The highest BCUT2D eigenvalue weighted by atomic mass is 127. The van der Waals surface area contributed by atoms with Gasteiger partial charge in [0.05, 0.1) is 11.9 Å². The highest BCUT2D eigenvalue weighted by Gasteiger charge is 2.24. The van der Waals surface area contributed by atoms with E-state index in [1.807, 2.05) is 25.0 Å². The predicted molar refractivity (Wildman–Crippen MR) is 126 cm³/mol. The second kappa shape index (κ2) is 10.9. The standard InChI is InChI=1S/C19H27BrN6.HI/c1-21-19(22-10-5-6-15-12-23-25(2)13-15)24-16-9-11-26(14-16)18-8-4-3-7-17(18)20;/h3-4,7-8,12-13,16H,5-6,9-11,14H2,1-2H3,(H2,21,22,24);1H. The van der Waals surface area contributed by atoms with Crippen LogP contribution in [0.2, 0.25) is 0 Å². The molecule has 2 N–H and O–H groups in total. The van der Waals surface area contributed by atoms with E-state index < -0.39 is 0 Å². The molecule has 1 atom stereocenters. The van der Waals surface area contributed by atoms with Crippen LogP contribution in [-0.4, -0.2) is 48.5 Å². The van der Waals surface area contributed by atoms with Crippen molar-refractivity contribution in [3.8, 4) is 0 Å². The van der Waals surface area contributed by atoms with Gasteiger partial charge in [-0.3, -0.25) is 9.67 Å². The van der Waals surface area contributed by atoms with Crippen LogP contribution in [0.1, 0.15) is 18.4 Å². The Kier molecular flexibility index (Phi) is 8.88. The number of aryl methyl sites for hydroxylation is 2. The number of aliphatic imine (C=N–C) groups is 1. The van der Waals surface area contributed by atoms with Crippen molar-refractivity contribution in [2.24, 2.45) is 12.0 Å². The zero-order valence-corrected chi connectivity index (χ0v) is 19.8. The number of nitrogens with zero attached hydrogens (tertiary/aromatic N) is 4. The van der Waals surface area contributed by atoms with Crippen molar-refractivity contribution in [1.29, 1.82) is 0 Å². The molecule has 148 valence electrons. The third-order valence-electron chi connectivity index (χ3n) is 4.64. The van der Waals surface area contributed by atoms with Crippen molar-refractivity contribution in [3.05, 3.63) is 46.7 Å². The van der Waals surface area contributed by atoms with Crippen molar-refractivity contribution < 1.29 is 0 Å². The number of hydrogen-bond acceptors (Lipinski definition) is 3. The van der Waals surface area contributed by atoms with Gasteiger partial charge in [0.2, 0.25) is 0 Å². The minimum atomic E-state index is 0. The fraction of sp³-hybridized carbons (Fsp3) is 0.474. The molecule has 1 fully saturated rings. The summed E-state index contributed by atoms with van der Waals surface area (Å²) in [5, 5.41) is 11.2. The summed E-state index contributed by atoms with van der Waals surface area (Å²) in [5.74, 6) is 0.884. The monoisotopic (exact) mass is 546 g/mol. The number of guanidine groups is 1. The Morgan fingerprint density at radius 1 is 1.37 bits per heavy atom. The lowest BCUT2D eigenvalue weighted by molar-refractivity contribution is 0.643. The first-order chi connectivity index (χ1) is 12.7. The first kappa shape index (κ1) is 22.0. The van der Waals surface area contributed by atoms with Gasteiger partial charge in [-0.15, -0.1) is 24.0 Å².